The molecule has 1 saturated heterocycles. The summed E-state index contributed by atoms with van der Waals surface area (Å²) in [6, 6.07) is 8.98. The highest BCUT2D eigenvalue weighted by Gasteiger charge is 2.26. The van der Waals surface area contributed by atoms with Gasteiger partial charge in [0.2, 0.25) is 0 Å². The van der Waals surface area contributed by atoms with Gasteiger partial charge in [-0.15, -0.1) is 0 Å². The van der Waals surface area contributed by atoms with Gasteiger partial charge in [-0.1, -0.05) is 30.3 Å². The Bertz CT molecular complexity index is 467. The van der Waals surface area contributed by atoms with Crippen LogP contribution in [-0.2, 0) is 14.3 Å². The second-order valence-electron chi connectivity index (χ2n) is 4.32. The largest absolute Gasteiger partial charge is 0.362 e. The topological polar surface area (TPSA) is 63.7 Å². The molecule has 0 unspecified atom stereocenters. The number of benzene rings is 1. The highest BCUT2D eigenvalue weighted by atomic mass is 16.5. The average molecular weight is 261 g/mol. The molecule has 0 bridgehead atoms. The molecule has 19 heavy (non-hydrogen) atoms. The van der Waals surface area contributed by atoms with E-state index in [2.05, 4.69) is 0 Å². The lowest BCUT2D eigenvalue weighted by atomic mass is 10.1. The normalized spacial score (nSPS) is 15.7. The number of imide groups is 1. The van der Waals surface area contributed by atoms with Gasteiger partial charge >= 0.3 is 0 Å². The van der Waals surface area contributed by atoms with Crippen LogP contribution < -0.4 is 0 Å². The lowest BCUT2D eigenvalue weighted by molar-refractivity contribution is -0.158. The van der Waals surface area contributed by atoms with E-state index in [4.69, 9.17) is 4.74 Å². The van der Waals surface area contributed by atoms with E-state index in [1.807, 2.05) is 18.2 Å². The van der Waals surface area contributed by atoms with E-state index in [0.717, 1.165) is 0 Å². The second-order valence-corrected chi connectivity index (χ2v) is 4.32. The van der Waals surface area contributed by atoms with Crippen molar-refractivity contribution >= 4 is 17.6 Å². The number of Topliss-reactive ketones (excluding diaryl/α,β-unsaturated/α-hetero) is 1. The van der Waals surface area contributed by atoms with E-state index in [1.165, 1.54) is 4.90 Å². The summed E-state index contributed by atoms with van der Waals surface area (Å²) in [4.78, 5) is 35.9. The lowest BCUT2D eigenvalue weighted by Gasteiger charge is -2.24. The van der Waals surface area contributed by atoms with Gasteiger partial charge in [0.1, 0.15) is 13.2 Å². The molecule has 0 spiro atoms. The number of ether oxygens (including phenoxy) is 1. The number of ketones is 1. The number of carbonyl (C=O) groups is 3. The summed E-state index contributed by atoms with van der Waals surface area (Å²) in [5, 5.41) is 0. The summed E-state index contributed by atoms with van der Waals surface area (Å²) in [6.45, 7) is 0.163. The zero-order valence-corrected chi connectivity index (χ0v) is 10.5. The molecule has 100 valence electrons. The molecule has 0 N–H and O–H groups in total. The van der Waals surface area contributed by atoms with E-state index in [1.54, 1.807) is 12.1 Å². The molecule has 0 atom stereocenters. The Morgan fingerprint density at radius 1 is 1.11 bits per heavy atom. The smallest absolute Gasteiger partial charge is 0.255 e. The molecule has 1 aliphatic rings. The van der Waals surface area contributed by atoms with Gasteiger partial charge < -0.3 is 4.74 Å². The van der Waals surface area contributed by atoms with Crippen molar-refractivity contribution < 1.29 is 19.1 Å². The van der Waals surface area contributed by atoms with Crippen LogP contribution in [0.1, 0.15) is 23.2 Å². The molecule has 1 aromatic rings. The summed E-state index contributed by atoms with van der Waals surface area (Å²) in [5.41, 5.74) is 0.655. The first kappa shape index (κ1) is 13.4. The van der Waals surface area contributed by atoms with Crippen LogP contribution in [0.25, 0.3) is 0 Å². The summed E-state index contributed by atoms with van der Waals surface area (Å²) in [5.74, 6) is -0.638. The minimum Gasteiger partial charge on any atom is -0.362 e. The first-order valence-corrected chi connectivity index (χ1v) is 6.17. The summed E-state index contributed by atoms with van der Waals surface area (Å²) in [6.07, 6.45) is 0.799. The van der Waals surface area contributed by atoms with E-state index >= 15 is 0 Å². The first-order valence-electron chi connectivity index (χ1n) is 6.17. The Kier molecular flexibility index (Phi) is 4.41. The highest BCUT2D eigenvalue weighted by Crippen LogP contribution is 2.08. The SMILES string of the molecule is O=C(CCCN1C(=O)COCC1=O)c1ccccc1. The number of hydrogen-bond donors (Lipinski definition) is 0. The van der Waals surface area contributed by atoms with Gasteiger partial charge in [0.15, 0.2) is 5.78 Å². The number of nitrogens with zero attached hydrogens (tertiary/aromatic N) is 1. The van der Waals surface area contributed by atoms with Crippen LogP contribution in [0, 0.1) is 0 Å². The molecule has 1 aliphatic heterocycles. The Morgan fingerprint density at radius 2 is 1.74 bits per heavy atom. The van der Waals surface area contributed by atoms with Crippen molar-refractivity contribution in [3.8, 4) is 0 Å². The molecule has 1 fully saturated rings. The Balaban J connectivity index is 1.82. The molecular weight excluding hydrogens is 246 g/mol. The van der Waals surface area contributed by atoms with Gasteiger partial charge in [-0.3, -0.25) is 19.3 Å². The zero-order valence-electron chi connectivity index (χ0n) is 10.5. The van der Waals surface area contributed by atoms with Crippen LogP contribution >= 0.6 is 0 Å². The van der Waals surface area contributed by atoms with Gasteiger partial charge in [-0.2, -0.15) is 0 Å². The van der Waals surface area contributed by atoms with Crippen molar-refractivity contribution in [1.82, 2.24) is 4.90 Å². The van der Waals surface area contributed by atoms with E-state index in [-0.39, 0.29) is 37.4 Å². The van der Waals surface area contributed by atoms with Crippen molar-refractivity contribution in [2.45, 2.75) is 12.8 Å². The van der Waals surface area contributed by atoms with Crippen LogP contribution in [0.4, 0.5) is 0 Å². The van der Waals surface area contributed by atoms with Gasteiger partial charge in [0.25, 0.3) is 11.8 Å². The van der Waals surface area contributed by atoms with Crippen molar-refractivity contribution in [1.29, 1.82) is 0 Å². The van der Waals surface area contributed by atoms with Crippen LogP contribution in [0.2, 0.25) is 0 Å². The number of rotatable bonds is 5. The van der Waals surface area contributed by atoms with E-state index < -0.39 is 0 Å². The van der Waals surface area contributed by atoms with Crippen molar-refractivity contribution in [3.63, 3.8) is 0 Å². The molecule has 0 saturated carbocycles. The van der Waals surface area contributed by atoms with Gasteiger partial charge in [-0.05, 0) is 6.42 Å². The van der Waals surface area contributed by atoms with Crippen molar-refractivity contribution in [2.24, 2.45) is 0 Å². The lowest BCUT2D eigenvalue weighted by Crippen LogP contribution is -2.46. The molecule has 1 heterocycles. The van der Waals surface area contributed by atoms with E-state index in [0.29, 0.717) is 18.4 Å². The summed E-state index contributed by atoms with van der Waals surface area (Å²) >= 11 is 0. The first-order chi connectivity index (χ1) is 9.18. The van der Waals surface area contributed by atoms with Crippen LogP contribution in [0.3, 0.4) is 0 Å². The Hall–Kier alpha value is -2.01. The maximum atomic E-state index is 11.8. The molecule has 0 radical (unpaired) electrons. The average Bonchev–Trinajstić information content (AvgIpc) is 2.43. The number of morpholine rings is 1. The monoisotopic (exact) mass is 261 g/mol. The number of amides is 2. The molecule has 0 aromatic heterocycles. The Labute approximate surface area is 111 Å². The number of carbonyl (C=O) groups excluding carboxylic acids is 3. The van der Waals surface area contributed by atoms with Crippen LogP contribution in [0.15, 0.2) is 30.3 Å². The van der Waals surface area contributed by atoms with Crippen molar-refractivity contribution in [2.75, 3.05) is 19.8 Å². The van der Waals surface area contributed by atoms with Crippen LogP contribution in [-0.4, -0.2) is 42.3 Å². The molecule has 5 nitrogen and oxygen atoms in total. The molecule has 0 aliphatic carbocycles. The van der Waals surface area contributed by atoms with Crippen LogP contribution in [0.5, 0.6) is 0 Å². The third-order valence-corrected chi connectivity index (χ3v) is 2.93. The van der Waals surface area contributed by atoms with Crippen molar-refractivity contribution in [3.05, 3.63) is 35.9 Å². The maximum absolute atomic E-state index is 11.8. The van der Waals surface area contributed by atoms with Gasteiger partial charge in [0.05, 0.1) is 0 Å². The maximum Gasteiger partial charge on any atom is 0.255 e. The summed E-state index contributed by atoms with van der Waals surface area (Å²) < 4.78 is 4.81. The highest BCUT2D eigenvalue weighted by molar-refractivity contribution is 5.98. The molecule has 2 rings (SSSR count). The molecular formula is C14H15NO4. The molecule has 2 amide bonds. The standard InChI is InChI=1S/C14H15NO4/c16-12(11-5-2-1-3-6-11)7-4-8-15-13(17)9-19-10-14(15)18/h1-3,5-6H,4,7-10H2. The quantitative estimate of drug-likeness (QED) is 0.586. The number of hydrogen-bond acceptors (Lipinski definition) is 4. The van der Waals surface area contributed by atoms with E-state index in [9.17, 15) is 14.4 Å². The third-order valence-electron chi connectivity index (χ3n) is 2.93. The summed E-state index contributed by atoms with van der Waals surface area (Å²) in [7, 11) is 0. The fourth-order valence-electron chi connectivity index (χ4n) is 1.94. The fourth-order valence-corrected chi connectivity index (χ4v) is 1.94. The van der Waals surface area contributed by atoms with Gasteiger partial charge in [0, 0.05) is 18.5 Å². The zero-order chi connectivity index (χ0) is 13.7. The fraction of sp³-hybridized carbons (Fsp3) is 0.357. The third kappa shape index (κ3) is 3.48. The molecule has 1 aromatic carbocycles. The van der Waals surface area contributed by atoms with Gasteiger partial charge in [-0.25, -0.2) is 0 Å². The minimum atomic E-state index is -0.330. The predicted molar refractivity (Wildman–Crippen MR) is 67.5 cm³/mol. The molecule has 5 heteroatoms. The minimum absolute atomic E-state index is 0.0220. The second kappa shape index (κ2) is 6.24. The Morgan fingerprint density at radius 3 is 2.37 bits per heavy atom. The predicted octanol–water partition coefficient (Wildman–Crippen LogP) is 1.03.